The van der Waals surface area contributed by atoms with Crippen LogP contribution in [0.4, 0.5) is 0 Å². The molecule has 1 aromatic carbocycles. The second-order valence-electron chi connectivity index (χ2n) is 4.99. The summed E-state index contributed by atoms with van der Waals surface area (Å²) in [5.41, 5.74) is 3.03. The Labute approximate surface area is 124 Å². The highest BCUT2D eigenvalue weighted by molar-refractivity contribution is 7.89. The molecule has 2 aromatic rings. The summed E-state index contributed by atoms with van der Waals surface area (Å²) < 4.78 is 28.7. The summed E-state index contributed by atoms with van der Waals surface area (Å²) >= 11 is 0. The fraction of sp³-hybridized carbons (Fsp3) is 0.267. The number of primary sulfonamides is 1. The lowest BCUT2D eigenvalue weighted by molar-refractivity contribution is 0.298. The Morgan fingerprint density at radius 3 is 2.48 bits per heavy atom. The first-order valence-corrected chi connectivity index (χ1v) is 8.01. The Morgan fingerprint density at radius 1 is 1.14 bits per heavy atom. The number of rotatable bonds is 4. The van der Waals surface area contributed by atoms with E-state index in [2.05, 4.69) is 4.98 Å². The molecule has 0 atom stereocenters. The van der Waals surface area contributed by atoms with E-state index in [1.807, 2.05) is 25.1 Å². The first-order valence-electron chi connectivity index (χ1n) is 6.47. The van der Waals surface area contributed by atoms with Crippen LogP contribution < -0.4 is 9.88 Å². The van der Waals surface area contributed by atoms with E-state index in [-0.39, 0.29) is 4.90 Å². The Bertz CT molecular complexity index is 770. The standard InChI is InChI=1S/C15H18N2O3S/c1-10-8-15(21(16,18)19)11(2)7-14(10)20-9-13-6-4-5-12(3)17-13/h4-8H,9H2,1-3H3,(H2,16,18,19). The lowest BCUT2D eigenvalue weighted by Gasteiger charge is -2.12. The largest absolute Gasteiger partial charge is 0.487 e. The van der Waals surface area contributed by atoms with Crippen LogP contribution in [-0.4, -0.2) is 13.4 Å². The van der Waals surface area contributed by atoms with E-state index >= 15 is 0 Å². The van der Waals surface area contributed by atoms with Crippen molar-refractivity contribution in [3.8, 4) is 5.75 Å². The Morgan fingerprint density at radius 2 is 1.86 bits per heavy atom. The second kappa shape index (κ2) is 5.83. The van der Waals surface area contributed by atoms with Gasteiger partial charge in [0.15, 0.2) is 0 Å². The normalized spacial score (nSPS) is 11.4. The minimum Gasteiger partial charge on any atom is -0.487 e. The summed E-state index contributed by atoms with van der Waals surface area (Å²) in [6.07, 6.45) is 0. The van der Waals surface area contributed by atoms with Gasteiger partial charge in [0.2, 0.25) is 10.0 Å². The molecule has 1 aromatic heterocycles. The van der Waals surface area contributed by atoms with Gasteiger partial charge >= 0.3 is 0 Å². The number of aromatic nitrogens is 1. The number of aryl methyl sites for hydroxylation is 3. The molecule has 0 aliphatic carbocycles. The zero-order chi connectivity index (χ0) is 15.6. The van der Waals surface area contributed by atoms with Crippen LogP contribution in [0.5, 0.6) is 5.75 Å². The molecule has 1 heterocycles. The molecule has 6 heteroatoms. The van der Waals surface area contributed by atoms with Gasteiger partial charge in [-0.25, -0.2) is 13.6 Å². The zero-order valence-corrected chi connectivity index (χ0v) is 13.1. The number of sulfonamides is 1. The van der Waals surface area contributed by atoms with Crippen molar-refractivity contribution in [2.24, 2.45) is 5.14 Å². The van der Waals surface area contributed by atoms with Gasteiger partial charge < -0.3 is 4.74 Å². The Kier molecular flexibility index (Phi) is 4.29. The van der Waals surface area contributed by atoms with Crippen molar-refractivity contribution in [2.75, 3.05) is 0 Å². The summed E-state index contributed by atoms with van der Waals surface area (Å²) in [6, 6.07) is 8.94. The minimum absolute atomic E-state index is 0.126. The molecule has 2 rings (SSSR count). The number of nitrogens with two attached hydrogens (primary N) is 1. The second-order valence-corrected chi connectivity index (χ2v) is 6.52. The Balaban J connectivity index is 2.24. The van der Waals surface area contributed by atoms with Gasteiger partial charge in [-0.15, -0.1) is 0 Å². The predicted octanol–water partition coefficient (Wildman–Crippen LogP) is 2.23. The van der Waals surface area contributed by atoms with Crippen LogP contribution in [0.25, 0.3) is 0 Å². The molecule has 21 heavy (non-hydrogen) atoms. The number of hydrogen-bond acceptors (Lipinski definition) is 4. The van der Waals surface area contributed by atoms with E-state index in [4.69, 9.17) is 9.88 Å². The van der Waals surface area contributed by atoms with Crippen molar-refractivity contribution in [2.45, 2.75) is 32.3 Å². The van der Waals surface area contributed by atoms with Gasteiger partial charge in [-0.2, -0.15) is 0 Å². The summed E-state index contributed by atoms with van der Waals surface area (Å²) in [5.74, 6) is 0.628. The maximum absolute atomic E-state index is 11.5. The summed E-state index contributed by atoms with van der Waals surface area (Å²) in [7, 11) is -3.71. The predicted molar refractivity (Wildman–Crippen MR) is 80.6 cm³/mol. The van der Waals surface area contributed by atoms with Crippen molar-refractivity contribution < 1.29 is 13.2 Å². The highest BCUT2D eigenvalue weighted by Gasteiger charge is 2.14. The summed E-state index contributed by atoms with van der Waals surface area (Å²) in [4.78, 5) is 4.48. The molecule has 112 valence electrons. The quantitative estimate of drug-likeness (QED) is 0.939. The van der Waals surface area contributed by atoms with Crippen molar-refractivity contribution in [3.63, 3.8) is 0 Å². The maximum atomic E-state index is 11.5. The third kappa shape index (κ3) is 3.80. The number of nitrogens with zero attached hydrogens (tertiary/aromatic N) is 1. The van der Waals surface area contributed by atoms with Crippen molar-refractivity contribution in [1.29, 1.82) is 0 Å². The highest BCUT2D eigenvalue weighted by atomic mass is 32.2. The molecule has 0 aliphatic rings. The molecule has 0 radical (unpaired) electrons. The van der Waals surface area contributed by atoms with E-state index in [1.54, 1.807) is 19.9 Å². The highest BCUT2D eigenvalue weighted by Crippen LogP contribution is 2.25. The number of hydrogen-bond donors (Lipinski definition) is 1. The van der Waals surface area contributed by atoms with E-state index in [1.165, 1.54) is 6.07 Å². The van der Waals surface area contributed by atoms with Crippen molar-refractivity contribution >= 4 is 10.0 Å². The molecule has 0 unspecified atom stereocenters. The van der Waals surface area contributed by atoms with Gasteiger partial charge in [-0.3, -0.25) is 4.98 Å². The third-order valence-corrected chi connectivity index (χ3v) is 4.15. The van der Waals surface area contributed by atoms with Gasteiger partial charge in [-0.05, 0) is 56.2 Å². The molecule has 0 saturated heterocycles. The molecule has 0 aliphatic heterocycles. The summed E-state index contributed by atoms with van der Waals surface area (Å²) in [5, 5.41) is 5.18. The van der Waals surface area contributed by atoms with Crippen LogP contribution in [0.15, 0.2) is 35.2 Å². The van der Waals surface area contributed by atoms with Crippen LogP contribution in [0, 0.1) is 20.8 Å². The van der Waals surface area contributed by atoms with Gasteiger partial charge in [0, 0.05) is 5.69 Å². The maximum Gasteiger partial charge on any atom is 0.238 e. The molecule has 0 saturated carbocycles. The minimum atomic E-state index is -3.71. The van der Waals surface area contributed by atoms with Gasteiger partial charge in [0.25, 0.3) is 0 Å². The average Bonchev–Trinajstić information content (AvgIpc) is 2.38. The molecule has 5 nitrogen and oxygen atoms in total. The van der Waals surface area contributed by atoms with Crippen LogP contribution in [-0.2, 0) is 16.6 Å². The smallest absolute Gasteiger partial charge is 0.238 e. The fourth-order valence-corrected chi connectivity index (χ4v) is 2.91. The van der Waals surface area contributed by atoms with Crippen LogP contribution in [0.1, 0.15) is 22.5 Å². The first-order chi connectivity index (χ1) is 9.77. The summed E-state index contributed by atoms with van der Waals surface area (Å²) in [6.45, 7) is 5.72. The van der Waals surface area contributed by atoms with Gasteiger partial charge in [-0.1, -0.05) is 6.07 Å². The van der Waals surface area contributed by atoms with Gasteiger partial charge in [0.05, 0.1) is 10.6 Å². The first kappa shape index (κ1) is 15.5. The lowest BCUT2D eigenvalue weighted by Crippen LogP contribution is -2.14. The number of pyridine rings is 1. The fourth-order valence-electron chi connectivity index (χ4n) is 2.06. The molecule has 0 spiro atoms. The molecular formula is C15H18N2O3S. The van der Waals surface area contributed by atoms with Crippen LogP contribution in [0.2, 0.25) is 0 Å². The van der Waals surface area contributed by atoms with E-state index in [9.17, 15) is 8.42 Å². The van der Waals surface area contributed by atoms with Crippen molar-refractivity contribution in [3.05, 3.63) is 52.8 Å². The molecule has 0 fully saturated rings. The van der Waals surface area contributed by atoms with E-state index in [0.717, 1.165) is 17.0 Å². The SMILES string of the molecule is Cc1cccc(COc2cc(C)c(S(N)(=O)=O)cc2C)n1. The third-order valence-electron chi connectivity index (χ3n) is 3.10. The van der Waals surface area contributed by atoms with Crippen molar-refractivity contribution in [1.82, 2.24) is 4.98 Å². The lowest BCUT2D eigenvalue weighted by atomic mass is 10.1. The van der Waals surface area contributed by atoms with Crippen LogP contribution >= 0.6 is 0 Å². The monoisotopic (exact) mass is 306 g/mol. The molecule has 0 amide bonds. The Hall–Kier alpha value is -1.92. The molecule has 0 bridgehead atoms. The topological polar surface area (TPSA) is 82.3 Å². The number of benzene rings is 1. The van der Waals surface area contributed by atoms with Crippen LogP contribution in [0.3, 0.4) is 0 Å². The van der Waals surface area contributed by atoms with E-state index in [0.29, 0.717) is 17.9 Å². The zero-order valence-electron chi connectivity index (χ0n) is 12.3. The number of ether oxygens (including phenoxy) is 1. The van der Waals surface area contributed by atoms with Gasteiger partial charge in [0.1, 0.15) is 12.4 Å². The molecular weight excluding hydrogens is 288 g/mol. The average molecular weight is 306 g/mol. The molecule has 2 N–H and O–H groups in total. The van der Waals surface area contributed by atoms with E-state index < -0.39 is 10.0 Å².